The van der Waals surface area contributed by atoms with E-state index in [1.54, 1.807) is 0 Å². The van der Waals surface area contributed by atoms with E-state index in [-0.39, 0.29) is 0 Å². The highest BCUT2D eigenvalue weighted by molar-refractivity contribution is 6.30. The maximum absolute atomic E-state index is 5.88. The van der Waals surface area contributed by atoms with Gasteiger partial charge >= 0.3 is 0 Å². The number of hydrogen-bond donors (Lipinski definition) is 0. The Kier molecular flexibility index (Phi) is 5.91. The first-order valence-electron chi connectivity index (χ1n) is 6.36. The van der Waals surface area contributed by atoms with Gasteiger partial charge in [0, 0.05) is 24.3 Å². The first kappa shape index (κ1) is 15.6. The van der Waals surface area contributed by atoms with Crippen molar-refractivity contribution in [1.29, 1.82) is 0 Å². The zero-order chi connectivity index (χ0) is 14.4. The van der Waals surface area contributed by atoms with Gasteiger partial charge in [0.15, 0.2) is 0 Å². The highest BCUT2D eigenvalue weighted by Gasteiger charge is 2.01. The van der Waals surface area contributed by atoms with Crippen LogP contribution in [0, 0.1) is 0 Å². The Morgan fingerprint density at radius 3 is 2.26 bits per heavy atom. The number of halogens is 1. The number of nitrogens with zero attached hydrogens (tertiary/aromatic N) is 1. The summed E-state index contributed by atoms with van der Waals surface area (Å²) in [4.78, 5) is 2.13. The molecule has 0 saturated heterocycles. The number of likely N-dealkylation sites (N-methyl/N-ethyl adjacent to an activating group) is 1. The maximum Gasteiger partial charge on any atom is 0.0426 e. The summed E-state index contributed by atoms with van der Waals surface area (Å²) < 4.78 is 0. The van der Waals surface area contributed by atoms with Crippen molar-refractivity contribution >= 4 is 11.6 Å². The monoisotopic (exact) mass is 275 g/mol. The largest absolute Gasteiger partial charge is 0.371 e. The van der Waals surface area contributed by atoms with Crippen LogP contribution in [-0.2, 0) is 6.54 Å². The molecular formula is C17H22ClN. The van der Waals surface area contributed by atoms with Gasteiger partial charge in [-0.15, -0.1) is 0 Å². The first-order valence-corrected chi connectivity index (χ1v) is 6.74. The highest BCUT2D eigenvalue weighted by Crippen LogP contribution is 2.14. The van der Waals surface area contributed by atoms with Crippen LogP contribution in [0.2, 0.25) is 5.02 Å². The third-order valence-corrected chi connectivity index (χ3v) is 2.99. The lowest BCUT2D eigenvalue weighted by Crippen LogP contribution is -2.15. The van der Waals surface area contributed by atoms with Gasteiger partial charge in [0.2, 0.25) is 0 Å². The first-order chi connectivity index (χ1) is 8.88. The fraction of sp³-hybridized carbons (Fsp3) is 0.294. The van der Waals surface area contributed by atoms with Gasteiger partial charge in [-0.1, -0.05) is 42.0 Å². The molecule has 1 aromatic carbocycles. The molecule has 0 N–H and O–H groups in total. The molecule has 0 aliphatic carbocycles. The van der Waals surface area contributed by atoms with Gasteiger partial charge < -0.3 is 4.90 Å². The molecule has 0 heterocycles. The average Bonchev–Trinajstić information content (AvgIpc) is 2.30. The van der Waals surface area contributed by atoms with Crippen molar-refractivity contribution < 1.29 is 0 Å². The Hall–Kier alpha value is -1.47. The third kappa shape index (κ3) is 5.80. The molecule has 0 saturated carbocycles. The molecule has 2 heteroatoms. The lowest BCUT2D eigenvalue weighted by atomic mass is 10.1. The molecule has 19 heavy (non-hydrogen) atoms. The summed E-state index contributed by atoms with van der Waals surface area (Å²) in [5.41, 5.74) is 4.74. The van der Waals surface area contributed by atoms with Gasteiger partial charge in [-0.05, 0) is 50.1 Å². The van der Waals surface area contributed by atoms with E-state index in [1.165, 1.54) is 16.7 Å². The predicted molar refractivity (Wildman–Crippen MR) is 85.2 cm³/mol. The number of allylic oxidation sites excluding steroid dienone is 4. The second-order valence-electron chi connectivity index (χ2n) is 5.08. The maximum atomic E-state index is 5.88. The number of benzene rings is 1. The Bertz CT molecular complexity index is 490. The van der Waals surface area contributed by atoms with Crippen LogP contribution in [0.3, 0.4) is 0 Å². The van der Waals surface area contributed by atoms with E-state index in [4.69, 9.17) is 11.6 Å². The van der Waals surface area contributed by atoms with Crippen molar-refractivity contribution in [2.24, 2.45) is 0 Å². The standard InChI is InChI=1S/C17H22ClN/c1-13(2)10-14(3)11-15(4)19(5)12-16-6-8-17(18)9-7-16/h6-11H,4,12H2,1-3,5H3/b14-11-. The lowest BCUT2D eigenvalue weighted by molar-refractivity contribution is 0.426. The quantitative estimate of drug-likeness (QED) is 0.668. The van der Waals surface area contributed by atoms with E-state index in [9.17, 15) is 0 Å². The molecule has 0 unspecified atom stereocenters. The zero-order valence-electron chi connectivity index (χ0n) is 12.2. The molecule has 0 spiro atoms. The number of hydrogen-bond acceptors (Lipinski definition) is 1. The molecule has 0 aromatic heterocycles. The van der Waals surface area contributed by atoms with E-state index in [1.807, 2.05) is 31.3 Å². The fourth-order valence-electron chi connectivity index (χ4n) is 1.84. The van der Waals surface area contributed by atoms with Crippen LogP contribution in [0.4, 0.5) is 0 Å². The van der Waals surface area contributed by atoms with E-state index >= 15 is 0 Å². The van der Waals surface area contributed by atoms with E-state index in [0.717, 1.165) is 17.3 Å². The average molecular weight is 276 g/mol. The summed E-state index contributed by atoms with van der Waals surface area (Å²) in [7, 11) is 2.04. The highest BCUT2D eigenvalue weighted by atomic mass is 35.5. The predicted octanol–water partition coefficient (Wildman–Crippen LogP) is 5.20. The topological polar surface area (TPSA) is 3.24 Å². The van der Waals surface area contributed by atoms with Crippen molar-refractivity contribution in [2.45, 2.75) is 27.3 Å². The smallest absolute Gasteiger partial charge is 0.0426 e. The van der Waals surface area contributed by atoms with Gasteiger partial charge in [-0.2, -0.15) is 0 Å². The normalized spacial score (nSPS) is 11.1. The van der Waals surface area contributed by atoms with Crippen LogP contribution in [-0.4, -0.2) is 11.9 Å². The second kappa shape index (κ2) is 7.20. The van der Waals surface area contributed by atoms with Crippen LogP contribution in [0.15, 0.2) is 59.8 Å². The van der Waals surface area contributed by atoms with Crippen LogP contribution in [0.25, 0.3) is 0 Å². The van der Waals surface area contributed by atoms with Crippen LogP contribution < -0.4 is 0 Å². The zero-order valence-corrected chi connectivity index (χ0v) is 13.0. The molecule has 0 amide bonds. The van der Waals surface area contributed by atoms with Crippen LogP contribution in [0.1, 0.15) is 26.3 Å². The Morgan fingerprint density at radius 2 is 1.74 bits per heavy atom. The Labute approximate surface area is 121 Å². The van der Waals surface area contributed by atoms with E-state index in [0.29, 0.717) is 0 Å². The van der Waals surface area contributed by atoms with Crippen LogP contribution >= 0.6 is 11.6 Å². The van der Waals surface area contributed by atoms with Crippen molar-refractivity contribution in [3.63, 3.8) is 0 Å². The summed E-state index contributed by atoms with van der Waals surface area (Å²) >= 11 is 5.88. The summed E-state index contributed by atoms with van der Waals surface area (Å²) in [5, 5.41) is 0.768. The SMILES string of the molecule is C=C(/C=C(/C)C=C(C)C)N(C)Cc1ccc(Cl)cc1. The van der Waals surface area contributed by atoms with Crippen LogP contribution in [0.5, 0.6) is 0 Å². The lowest BCUT2D eigenvalue weighted by Gasteiger charge is -2.20. The second-order valence-corrected chi connectivity index (χ2v) is 5.52. The van der Waals surface area contributed by atoms with Gasteiger partial charge in [-0.3, -0.25) is 0 Å². The molecule has 0 aliphatic rings. The molecule has 102 valence electrons. The van der Waals surface area contributed by atoms with E-state index in [2.05, 4.69) is 44.4 Å². The molecule has 1 rings (SSSR count). The molecular weight excluding hydrogens is 254 g/mol. The molecule has 0 bridgehead atoms. The number of rotatable bonds is 5. The summed E-state index contributed by atoms with van der Waals surface area (Å²) in [6, 6.07) is 7.91. The molecule has 0 radical (unpaired) electrons. The van der Waals surface area contributed by atoms with Gasteiger partial charge in [0.25, 0.3) is 0 Å². The molecule has 1 aromatic rings. The Balaban J connectivity index is 2.68. The molecule has 1 nitrogen and oxygen atoms in total. The minimum atomic E-state index is 0.768. The van der Waals surface area contributed by atoms with Gasteiger partial charge in [0.05, 0.1) is 0 Å². The summed E-state index contributed by atoms with van der Waals surface area (Å²) in [6.07, 6.45) is 4.25. The van der Waals surface area contributed by atoms with E-state index < -0.39 is 0 Å². The van der Waals surface area contributed by atoms with Crippen molar-refractivity contribution in [3.8, 4) is 0 Å². The van der Waals surface area contributed by atoms with Gasteiger partial charge in [0.1, 0.15) is 0 Å². The fourth-order valence-corrected chi connectivity index (χ4v) is 1.96. The molecule has 0 atom stereocenters. The molecule has 0 fully saturated rings. The van der Waals surface area contributed by atoms with Crippen molar-refractivity contribution in [3.05, 3.63) is 70.4 Å². The summed E-state index contributed by atoms with van der Waals surface area (Å²) in [5.74, 6) is 0. The van der Waals surface area contributed by atoms with Crippen molar-refractivity contribution in [1.82, 2.24) is 4.90 Å². The summed E-state index contributed by atoms with van der Waals surface area (Å²) in [6.45, 7) is 11.2. The minimum absolute atomic E-state index is 0.768. The third-order valence-electron chi connectivity index (χ3n) is 2.73. The van der Waals surface area contributed by atoms with Crippen molar-refractivity contribution in [2.75, 3.05) is 7.05 Å². The molecule has 0 aliphatic heterocycles. The minimum Gasteiger partial charge on any atom is -0.371 e. The van der Waals surface area contributed by atoms with Gasteiger partial charge in [-0.25, -0.2) is 0 Å². The Morgan fingerprint density at radius 1 is 1.16 bits per heavy atom.